The van der Waals surface area contributed by atoms with Crippen LogP contribution in [0, 0.1) is 17.1 Å². The third-order valence-electron chi connectivity index (χ3n) is 11.0. The number of pyridine rings is 2. The fourth-order valence-electron chi connectivity index (χ4n) is 8.80. The first-order chi connectivity index (χ1) is 21.9. The lowest BCUT2D eigenvalue weighted by molar-refractivity contribution is -0.130. The molecule has 2 atom stereocenters. The van der Waals surface area contributed by atoms with Crippen LogP contribution in [-0.4, -0.2) is 76.1 Å². The van der Waals surface area contributed by atoms with E-state index in [9.17, 15) is 14.4 Å². The van der Waals surface area contributed by atoms with E-state index in [0.29, 0.717) is 37.2 Å². The summed E-state index contributed by atoms with van der Waals surface area (Å²) in [5, 5.41) is 11.0. The number of anilines is 1. The average molecular weight is 611 g/mol. The minimum absolute atomic E-state index is 0.0858. The first kappa shape index (κ1) is 28.4. The van der Waals surface area contributed by atoms with Gasteiger partial charge in [-0.25, -0.2) is 13.8 Å². The van der Waals surface area contributed by atoms with E-state index >= 15 is 4.39 Å². The van der Waals surface area contributed by atoms with Crippen LogP contribution in [0.5, 0.6) is 5.88 Å². The molecule has 6 heterocycles. The lowest BCUT2D eigenvalue weighted by Gasteiger charge is -2.48. The number of carbonyl (C=O) groups excluding carboxylic acids is 1. The summed E-state index contributed by atoms with van der Waals surface area (Å²) in [5.74, 6) is -2.08. The fraction of sp³-hybridized carbons (Fsp3) is 0.486. The molecule has 3 aromatic rings. The second-order valence-corrected chi connectivity index (χ2v) is 13.3. The minimum Gasteiger partial charge on any atom is -0.475 e. The normalized spacial score (nSPS) is 23.3. The van der Waals surface area contributed by atoms with Crippen molar-refractivity contribution < 1.29 is 18.3 Å². The summed E-state index contributed by atoms with van der Waals surface area (Å²) >= 11 is 0. The van der Waals surface area contributed by atoms with E-state index in [1.54, 1.807) is 6.20 Å². The molecule has 4 saturated heterocycles. The molecule has 4 aliphatic heterocycles. The smallest absolute Gasteiger partial charge is 0.282 e. The number of rotatable bonds is 6. The van der Waals surface area contributed by atoms with Crippen LogP contribution in [0.25, 0.3) is 22.2 Å². The van der Waals surface area contributed by atoms with Crippen LogP contribution in [0.3, 0.4) is 0 Å². The number of ether oxygens (including phenoxy) is 1. The number of hydrogen-bond acceptors (Lipinski definition) is 7. The van der Waals surface area contributed by atoms with E-state index in [1.165, 1.54) is 10.5 Å². The molecule has 0 radical (unpaired) electrons. The lowest BCUT2D eigenvalue weighted by atomic mass is 9.87. The van der Waals surface area contributed by atoms with E-state index < -0.39 is 17.6 Å². The topological polar surface area (TPSA) is 85.6 Å². The van der Waals surface area contributed by atoms with E-state index in [2.05, 4.69) is 28.6 Å². The van der Waals surface area contributed by atoms with Gasteiger partial charge in [-0.1, -0.05) is 24.8 Å². The first-order valence-corrected chi connectivity index (χ1v) is 16.2. The number of carbonyl (C=O) groups is 1. The molecule has 5 aliphatic rings. The van der Waals surface area contributed by atoms with Crippen LogP contribution in [0.15, 0.2) is 36.8 Å². The van der Waals surface area contributed by atoms with E-state index in [0.717, 1.165) is 75.6 Å². The fourth-order valence-corrected chi connectivity index (χ4v) is 8.80. The summed E-state index contributed by atoms with van der Waals surface area (Å²) in [6.07, 6.45) is 10.5. The van der Waals surface area contributed by atoms with Crippen molar-refractivity contribution in [3.05, 3.63) is 59.3 Å². The number of amides is 1. The predicted octanol–water partition coefficient (Wildman–Crippen LogP) is 5.47. The van der Waals surface area contributed by atoms with Gasteiger partial charge in [-0.2, -0.15) is 5.26 Å². The monoisotopic (exact) mass is 610 g/mol. The number of halogens is 2. The Balaban J connectivity index is 1.24. The standard InChI is InChI=1S/C35H36F2N6O2/c1-21(36)34(44)42-16-11-27-28(42)19-43(27)32-25(17-38)33(45-20-35-12-5-14-41(35)15-6-13-35)40-31-26(32)18-39-30(29(31)37)24-10-4-8-22-7-2-3-9-23(22)24/h4,8,10,18,27-28H,1-3,5-7,9,11-16,19-20H2/t27-,28-/m1/s1. The molecule has 45 heavy (non-hydrogen) atoms. The summed E-state index contributed by atoms with van der Waals surface area (Å²) in [6, 6.07) is 7.96. The molecule has 1 aromatic carbocycles. The summed E-state index contributed by atoms with van der Waals surface area (Å²) in [7, 11) is 0. The highest BCUT2D eigenvalue weighted by Crippen LogP contribution is 2.46. The highest BCUT2D eigenvalue weighted by atomic mass is 19.1. The van der Waals surface area contributed by atoms with Gasteiger partial charge in [-0.05, 0) is 82.0 Å². The van der Waals surface area contributed by atoms with Gasteiger partial charge >= 0.3 is 0 Å². The number of hydrogen-bond donors (Lipinski definition) is 0. The Morgan fingerprint density at radius 2 is 1.93 bits per heavy atom. The van der Waals surface area contributed by atoms with E-state index in [4.69, 9.17) is 9.72 Å². The molecule has 1 aliphatic carbocycles. The third kappa shape index (κ3) is 4.34. The van der Waals surface area contributed by atoms with Crippen molar-refractivity contribution in [3.63, 3.8) is 0 Å². The SMILES string of the molecule is C=C(F)C(=O)N1CC[C@@H]2[C@H]1CN2c1c(C#N)c(OCC23CCCN2CCC3)nc2c(F)c(-c3cccc4c3CCCC4)ncc12. The zero-order valence-corrected chi connectivity index (χ0v) is 25.3. The van der Waals surface area contributed by atoms with Gasteiger partial charge in [-0.3, -0.25) is 14.7 Å². The maximum atomic E-state index is 16.8. The van der Waals surface area contributed by atoms with Crippen molar-refractivity contribution in [3.8, 4) is 23.2 Å². The molecule has 8 nitrogen and oxygen atoms in total. The molecule has 0 spiro atoms. The van der Waals surface area contributed by atoms with Gasteiger partial charge in [0.25, 0.3) is 5.91 Å². The van der Waals surface area contributed by atoms with Gasteiger partial charge in [0.1, 0.15) is 29.5 Å². The maximum Gasteiger partial charge on any atom is 0.282 e. The van der Waals surface area contributed by atoms with Crippen LogP contribution >= 0.6 is 0 Å². The van der Waals surface area contributed by atoms with Gasteiger partial charge in [0, 0.05) is 30.2 Å². The zero-order valence-electron chi connectivity index (χ0n) is 25.3. The molecule has 0 bridgehead atoms. The molecule has 0 unspecified atom stereocenters. The molecule has 1 amide bonds. The van der Waals surface area contributed by atoms with Crippen LogP contribution in [0.2, 0.25) is 0 Å². The highest BCUT2D eigenvalue weighted by molar-refractivity contribution is 5.98. The molecule has 0 saturated carbocycles. The van der Waals surface area contributed by atoms with Crippen molar-refractivity contribution in [1.82, 2.24) is 19.8 Å². The van der Waals surface area contributed by atoms with Gasteiger partial charge in [-0.15, -0.1) is 0 Å². The summed E-state index contributed by atoms with van der Waals surface area (Å²) in [5.41, 5.74) is 4.21. The molecule has 2 aromatic heterocycles. The number of nitrogens with zero attached hydrogens (tertiary/aromatic N) is 6. The Bertz CT molecular complexity index is 1780. The van der Waals surface area contributed by atoms with Gasteiger partial charge in [0.05, 0.1) is 23.3 Å². The summed E-state index contributed by atoms with van der Waals surface area (Å²) in [4.78, 5) is 27.9. The molecule has 232 valence electrons. The van der Waals surface area contributed by atoms with Crippen molar-refractivity contribution >= 4 is 22.5 Å². The Morgan fingerprint density at radius 1 is 1.13 bits per heavy atom. The first-order valence-electron chi connectivity index (χ1n) is 16.2. The molecule has 10 heteroatoms. The van der Waals surface area contributed by atoms with Gasteiger partial charge in [0.2, 0.25) is 5.88 Å². The Morgan fingerprint density at radius 3 is 2.71 bits per heavy atom. The number of benzene rings is 1. The van der Waals surface area contributed by atoms with Crippen molar-refractivity contribution in [2.24, 2.45) is 0 Å². The Labute approximate surface area is 261 Å². The van der Waals surface area contributed by atoms with E-state index in [-0.39, 0.29) is 40.3 Å². The second-order valence-electron chi connectivity index (χ2n) is 13.3. The van der Waals surface area contributed by atoms with E-state index in [1.807, 2.05) is 17.0 Å². The van der Waals surface area contributed by atoms with Gasteiger partial charge < -0.3 is 14.5 Å². The largest absolute Gasteiger partial charge is 0.475 e. The maximum absolute atomic E-state index is 16.8. The van der Waals surface area contributed by atoms with Crippen LogP contribution in [0.1, 0.15) is 61.6 Å². The van der Waals surface area contributed by atoms with Crippen LogP contribution < -0.4 is 9.64 Å². The van der Waals surface area contributed by atoms with Crippen LogP contribution in [-0.2, 0) is 17.6 Å². The molecular weight excluding hydrogens is 574 g/mol. The lowest BCUT2D eigenvalue weighted by Crippen LogP contribution is -2.63. The third-order valence-corrected chi connectivity index (χ3v) is 11.0. The van der Waals surface area contributed by atoms with Gasteiger partial charge in [0.15, 0.2) is 11.6 Å². The number of aryl methyl sites for hydroxylation is 1. The minimum atomic E-state index is -0.981. The Kier molecular flexibility index (Phi) is 6.79. The predicted molar refractivity (Wildman–Crippen MR) is 166 cm³/mol. The average Bonchev–Trinajstić information content (AvgIpc) is 3.72. The van der Waals surface area contributed by atoms with Crippen molar-refractivity contribution in [2.75, 3.05) is 37.7 Å². The molecular formula is C35H36F2N6O2. The number of likely N-dealkylation sites (tertiary alicyclic amines) is 1. The number of fused-ring (bicyclic) bond motifs is 4. The highest BCUT2D eigenvalue weighted by Gasteiger charge is 2.51. The Hall–Kier alpha value is -4.10. The molecule has 0 N–H and O–H groups in total. The molecule has 4 fully saturated rings. The zero-order chi connectivity index (χ0) is 30.9. The number of nitriles is 1. The molecule has 8 rings (SSSR count). The summed E-state index contributed by atoms with van der Waals surface area (Å²) in [6.45, 7) is 6.41. The number of aromatic nitrogens is 2. The van der Waals surface area contributed by atoms with Crippen LogP contribution in [0.4, 0.5) is 14.5 Å². The quantitative estimate of drug-likeness (QED) is 0.343. The van der Waals surface area contributed by atoms with Crippen molar-refractivity contribution in [1.29, 1.82) is 5.26 Å². The van der Waals surface area contributed by atoms with Crippen molar-refractivity contribution in [2.45, 2.75) is 75.4 Å². The second kappa shape index (κ2) is 10.8. The summed E-state index contributed by atoms with van der Waals surface area (Å²) < 4.78 is 37.0.